The van der Waals surface area contributed by atoms with Gasteiger partial charge in [0.2, 0.25) is 0 Å². The highest BCUT2D eigenvalue weighted by Gasteiger charge is 2.22. The summed E-state index contributed by atoms with van der Waals surface area (Å²) in [4.78, 5) is 25.3. The summed E-state index contributed by atoms with van der Waals surface area (Å²) in [5.74, 6) is 1.66. The van der Waals surface area contributed by atoms with Crippen LogP contribution in [0.25, 0.3) is 11.0 Å². The molecule has 0 spiro atoms. The lowest BCUT2D eigenvalue weighted by Gasteiger charge is -2.19. The number of nitrogens with zero attached hydrogens (tertiary/aromatic N) is 2. The van der Waals surface area contributed by atoms with Crippen molar-refractivity contribution >= 4 is 34.2 Å². The number of carbonyl (C=O) groups is 1. The van der Waals surface area contributed by atoms with Crippen molar-refractivity contribution in [2.75, 3.05) is 18.9 Å². The first-order valence-corrected chi connectivity index (χ1v) is 11.3. The summed E-state index contributed by atoms with van der Waals surface area (Å²) in [5, 5.41) is 7.63. The number of carbonyl (C=O) groups excluding carboxylic acids is 1. The molecule has 33 heavy (non-hydrogen) atoms. The minimum Gasteiger partial charge on any atom is -0.457 e. The van der Waals surface area contributed by atoms with E-state index in [4.69, 9.17) is 16.3 Å². The Morgan fingerprint density at radius 3 is 2.67 bits per heavy atom. The zero-order valence-corrected chi connectivity index (χ0v) is 19.3. The number of H-pyrrole nitrogens is 1. The SMILES string of the molecule is CCCC(CNC)Nc1ncnc2[nH]cc(C(=O)c3ccc(Oc4ccccc4)cc3Cl)c12. The molecule has 0 fully saturated rings. The van der Waals surface area contributed by atoms with Gasteiger partial charge < -0.3 is 20.4 Å². The molecule has 0 saturated carbocycles. The van der Waals surface area contributed by atoms with Gasteiger partial charge in [-0.25, -0.2) is 9.97 Å². The Morgan fingerprint density at radius 1 is 1.12 bits per heavy atom. The van der Waals surface area contributed by atoms with Gasteiger partial charge in [0.25, 0.3) is 0 Å². The summed E-state index contributed by atoms with van der Waals surface area (Å²) >= 11 is 6.50. The Bertz CT molecular complexity index is 1240. The average molecular weight is 464 g/mol. The van der Waals surface area contributed by atoms with Gasteiger partial charge >= 0.3 is 0 Å². The number of ketones is 1. The second kappa shape index (κ2) is 10.5. The van der Waals surface area contributed by atoms with Gasteiger partial charge in [-0.05, 0) is 37.7 Å². The van der Waals surface area contributed by atoms with Gasteiger partial charge in [0, 0.05) is 30.4 Å². The third-order valence-corrected chi connectivity index (χ3v) is 5.62. The lowest BCUT2D eigenvalue weighted by molar-refractivity contribution is 0.104. The number of hydrogen-bond acceptors (Lipinski definition) is 6. The third kappa shape index (κ3) is 5.16. The molecule has 170 valence electrons. The second-order valence-corrected chi connectivity index (χ2v) is 8.13. The zero-order chi connectivity index (χ0) is 23.2. The molecule has 2 heterocycles. The molecular weight excluding hydrogens is 438 g/mol. The number of ether oxygens (including phenoxy) is 1. The highest BCUT2D eigenvalue weighted by Crippen LogP contribution is 2.31. The largest absolute Gasteiger partial charge is 0.457 e. The highest BCUT2D eigenvalue weighted by atomic mass is 35.5. The lowest BCUT2D eigenvalue weighted by Crippen LogP contribution is -2.31. The van der Waals surface area contributed by atoms with Crippen LogP contribution in [-0.2, 0) is 0 Å². The van der Waals surface area contributed by atoms with Gasteiger partial charge in [0.05, 0.1) is 16.0 Å². The molecule has 0 saturated heterocycles. The van der Waals surface area contributed by atoms with Crippen molar-refractivity contribution in [2.24, 2.45) is 0 Å². The minimum absolute atomic E-state index is 0.175. The van der Waals surface area contributed by atoms with Crippen molar-refractivity contribution in [2.45, 2.75) is 25.8 Å². The molecule has 4 aromatic rings. The first-order valence-electron chi connectivity index (χ1n) is 10.9. The number of benzene rings is 2. The maximum absolute atomic E-state index is 13.5. The number of aromatic nitrogens is 3. The van der Waals surface area contributed by atoms with Crippen molar-refractivity contribution in [3.8, 4) is 11.5 Å². The van der Waals surface area contributed by atoms with E-state index in [9.17, 15) is 4.79 Å². The van der Waals surface area contributed by atoms with Crippen LogP contribution in [0.2, 0.25) is 5.02 Å². The number of para-hydroxylation sites is 1. The Balaban J connectivity index is 1.64. The molecule has 0 aliphatic heterocycles. The molecule has 0 amide bonds. The average Bonchev–Trinajstić information content (AvgIpc) is 3.25. The molecule has 0 bridgehead atoms. The van der Waals surface area contributed by atoms with E-state index < -0.39 is 0 Å². The van der Waals surface area contributed by atoms with Crippen molar-refractivity contribution < 1.29 is 9.53 Å². The molecule has 8 heteroatoms. The molecule has 1 atom stereocenters. The molecule has 2 aromatic carbocycles. The minimum atomic E-state index is -0.212. The van der Waals surface area contributed by atoms with E-state index in [0.717, 1.165) is 19.4 Å². The van der Waals surface area contributed by atoms with Gasteiger partial charge in [0.15, 0.2) is 5.78 Å². The summed E-state index contributed by atoms with van der Waals surface area (Å²) in [5.41, 5.74) is 1.44. The molecule has 0 radical (unpaired) electrons. The summed E-state index contributed by atoms with van der Waals surface area (Å²) in [6, 6.07) is 14.6. The van der Waals surface area contributed by atoms with E-state index in [0.29, 0.717) is 44.5 Å². The topological polar surface area (TPSA) is 91.9 Å². The fourth-order valence-corrected chi connectivity index (χ4v) is 4.03. The highest BCUT2D eigenvalue weighted by molar-refractivity contribution is 6.35. The van der Waals surface area contributed by atoms with Crippen molar-refractivity contribution in [3.05, 3.63) is 77.2 Å². The van der Waals surface area contributed by atoms with Crippen LogP contribution in [0.4, 0.5) is 5.82 Å². The summed E-state index contributed by atoms with van der Waals surface area (Å²) in [6.45, 7) is 2.92. The molecular formula is C25H26ClN5O2. The Kier molecular flexibility index (Phi) is 7.22. The number of likely N-dealkylation sites (N-methyl/N-ethyl adjacent to an activating group) is 1. The van der Waals surface area contributed by atoms with Crippen LogP contribution in [-0.4, -0.2) is 40.4 Å². The van der Waals surface area contributed by atoms with E-state index >= 15 is 0 Å². The number of nitrogens with one attached hydrogen (secondary N) is 3. The molecule has 2 aromatic heterocycles. The van der Waals surface area contributed by atoms with Gasteiger partial charge in [-0.3, -0.25) is 4.79 Å². The molecule has 1 unspecified atom stereocenters. The Hall–Kier alpha value is -3.42. The van der Waals surface area contributed by atoms with Crippen LogP contribution in [0, 0.1) is 0 Å². The van der Waals surface area contributed by atoms with Crippen LogP contribution in [0.5, 0.6) is 11.5 Å². The number of fused-ring (bicyclic) bond motifs is 1. The Morgan fingerprint density at radius 2 is 1.94 bits per heavy atom. The van der Waals surface area contributed by atoms with Crippen LogP contribution in [0.15, 0.2) is 61.1 Å². The van der Waals surface area contributed by atoms with Crippen molar-refractivity contribution in [1.29, 1.82) is 0 Å². The van der Waals surface area contributed by atoms with E-state index in [-0.39, 0.29) is 11.8 Å². The fourth-order valence-electron chi connectivity index (χ4n) is 3.78. The monoisotopic (exact) mass is 463 g/mol. The van der Waals surface area contributed by atoms with Crippen LogP contribution < -0.4 is 15.4 Å². The molecule has 0 aliphatic carbocycles. The predicted molar refractivity (Wildman–Crippen MR) is 132 cm³/mol. The van der Waals surface area contributed by atoms with Crippen LogP contribution in [0.3, 0.4) is 0 Å². The maximum atomic E-state index is 13.5. The lowest BCUT2D eigenvalue weighted by atomic mass is 10.0. The number of halogens is 1. The number of rotatable bonds is 10. The predicted octanol–water partition coefficient (Wildman–Crippen LogP) is 5.43. The van der Waals surface area contributed by atoms with Gasteiger partial charge in [-0.2, -0.15) is 0 Å². The summed E-state index contributed by atoms with van der Waals surface area (Å²) in [6.07, 6.45) is 5.14. The van der Waals surface area contributed by atoms with E-state index in [1.54, 1.807) is 24.4 Å². The molecule has 7 nitrogen and oxygen atoms in total. The Labute approximate surface area is 197 Å². The van der Waals surface area contributed by atoms with E-state index in [2.05, 4.69) is 32.5 Å². The molecule has 3 N–H and O–H groups in total. The van der Waals surface area contributed by atoms with Gasteiger partial charge in [-0.15, -0.1) is 0 Å². The molecule has 4 rings (SSSR count). The van der Waals surface area contributed by atoms with Gasteiger partial charge in [0.1, 0.15) is 29.3 Å². The first-order chi connectivity index (χ1) is 16.1. The maximum Gasteiger partial charge on any atom is 0.196 e. The zero-order valence-electron chi connectivity index (χ0n) is 18.6. The normalized spacial score (nSPS) is 12.0. The summed E-state index contributed by atoms with van der Waals surface area (Å²) < 4.78 is 5.83. The van der Waals surface area contributed by atoms with E-state index in [1.165, 1.54) is 6.33 Å². The van der Waals surface area contributed by atoms with Gasteiger partial charge in [-0.1, -0.05) is 43.1 Å². The smallest absolute Gasteiger partial charge is 0.196 e. The van der Waals surface area contributed by atoms with Crippen LogP contribution in [0.1, 0.15) is 35.7 Å². The van der Waals surface area contributed by atoms with E-state index in [1.807, 2.05) is 37.4 Å². The molecule has 0 aliphatic rings. The second-order valence-electron chi connectivity index (χ2n) is 7.72. The quantitative estimate of drug-likeness (QED) is 0.271. The van der Waals surface area contributed by atoms with Crippen molar-refractivity contribution in [3.63, 3.8) is 0 Å². The van der Waals surface area contributed by atoms with Crippen LogP contribution >= 0.6 is 11.6 Å². The first kappa shape index (κ1) is 22.8. The number of hydrogen-bond donors (Lipinski definition) is 3. The number of aromatic amines is 1. The summed E-state index contributed by atoms with van der Waals surface area (Å²) in [7, 11) is 1.92. The standard InChI is InChI=1S/C25H26ClN5O2/c1-3-7-16(13-27-2)31-25-22-20(14-28-24(22)29-15-30-25)23(32)19-11-10-18(12-21(19)26)33-17-8-5-4-6-9-17/h4-6,8-12,14-16,27H,3,7,13H2,1-2H3,(H2,28,29,30,31). The third-order valence-electron chi connectivity index (χ3n) is 5.31. The van der Waals surface area contributed by atoms with Crippen molar-refractivity contribution in [1.82, 2.24) is 20.3 Å². The number of anilines is 1. The fraction of sp³-hybridized carbons (Fsp3) is 0.240.